The Labute approximate surface area is 114 Å². The van der Waals surface area contributed by atoms with Crippen molar-refractivity contribution in [3.8, 4) is 0 Å². The van der Waals surface area contributed by atoms with Gasteiger partial charge in [-0.3, -0.25) is 4.98 Å². The fraction of sp³-hybridized carbons (Fsp3) is 0.308. The zero-order chi connectivity index (χ0) is 10.3. The molecule has 1 heterocycles. The third kappa shape index (κ3) is 1.92. The SMILES string of the molecule is Clc1c2c(nc3ccccc13)CCCC2.[Pt]. The Kier molecular flexibility index (Phi) is 3.66. The molecular weight excluding hydrogens is 401 g/mol. The summed E-state index contributed by atoms with van der Waals surface area (Å²) >= 11 is 6.42. The molecule has 16 heavy (non-hydrogen) atoms. The first-order valence-electron chi connectivity index (χ1n) is 5.42. The van der Waals surface area contributed by atoms with E-state index >= 15 is 0 Å². The molecule has 0 atom stereocenters. The van der Waals surface area contributed by atoms with Crippen molar-refractivity contribution in [1.82, 2.24) is 4.98 Å². The second-order valence-corrected chi connectivity index (χ2v) is 4.45. The summed E-state index contributed by atoms with van der Waals surface area (Å²) < 4.78 is 0. The van der Waals surface area contributed by atoms with Crippen molar-refractivity contribution >= 4 is 22.5 Å². The number of hydrogen-bond donors (Lipinski definition) is 0. The summed E-state index contributed by atoms with van der Waals surface area (Å²) in [7, 11) is 0. The van der Waals surface area contributed by atoms with E-state index in [-0.39, 0.29) is 21.1 Å². The topological polar surface area (TPSA) is 12.9 Å². The van der Waals surface area contributed by atoms with Crippen LogP contribution in [0.4, 0.5) is 0 Å². The maximum absolute atomic E-state index is 6.42. The molecule has 1 aliphatic carbocycles. The second kappa shape index (κ2) is 4.85. The zero-order valence-electron chi connectivity index (χ0n) is 8.78. The van der Waals surface area contributed by atoms with Crippen LogP contribution in [0, 0.1) is 0 Å². The van der Waals surface area contributed by atoms with Crippen LogP contribution < -0.4 is 0 Å². The molecule has 0 saturated heterocycles. The van der Waals surface area contributed by atoms with E-state index in [1.54, 1.807) is 0 Å². The van der Waals surface area contributed by atoms with E-state index in [0.29, 0.717) is 0 Å². The molecule has 86 valence electrons. The van der Waals surface area contributed by atoms with Gasteiger partial charge in [-0.05, 0) is 37.3 Å². The zero-order valence-corrected chi connectivity index (χ0v) is 11.8. The van der Waals surface area contributed by atoms with Gasteiger partial charge in [0.1, 0.15) is 0 Å². The number of pyridine rings is 1. The molecule has 0 fully saturated rings. The van der Waals surface area contributed by atoms with Gasteiger partial charge in [-0.1, -0.05) is 29.8 Å². The number of hydrogen-bond acceptors (Lipinski definition) is 1. The van der Waals surface area contributed by atoms with Crippen molar-refractivity contribution in [2.24, 2.45) is 0 Å². The van der Waals surface area contributed by atoms with E-state index in [4.69, 9.17) is 16.6 Å². The van der Waals surface area contributed by atoms with Crippen LogP contribution in [0.15, 0.2) is 24.3 Å². The molecule has 0 amide bonds. The quantitative estimate of drug-likeness (QED) is 0.642. The Morgan fingerprint density at radius 3 is 2.69 bits per heavy atom. The van der Waals surface area contributed by atoms with E-state index in [1.165, 1.54) is 24.1 Å². The first kappa shape index (κ1) is 12.1. The molecule has 1 aromatic heterocycles. The van der Waals surface area contributed by atoms with Gasteiger partial charge in [-0.2, -0.15) is 0 Å². The fourth-order valence-corrected chi connectivity index (χ4v) is 2.68. The molecule has 0 saturated carbocycles. The predicted octanol–water partition coefficient (Wildman–Crippen LogP) is 3.76. The molecule has 1 nitrogen and oxygen atoms in total. The van der Waals surface area contributed by atoms with Crippen LogP contribution in [0.1, 0.15) is 24.1 Å². The molecule has 1 aromatic carbocycles. The number of aryl methyl sites for hydroxylation is 1. The summed E-state index contributed by atoms with van der Waals surface area (Å²) in [6.07, 6.45) is 4.66. The summed E-state index contributed by atoms with van der Waals surface area (Å²) in [5.74, 6) is 0. The fourth-order valence-electron chi connectivity index (χ4n) is 2.31. The number of benzene rings is 1. The molecule has 0 unspecified atom stereocenters. The number of fused-ring (bicyclic) bond motifs is 2. The van der Waals surface area contributed by atoms with Crippen molar-refractivity contribution in [3.63, 3.8) is 0 Å². The minimum absolute atomic E-state index is 0. The number of aromatic nitrogens is 1. The third-order valence-corrected chi connectivity index (χ3v) is 3.53. The number of nitrogens with zero attached hydrogens (tertiary/aromatic N) is 1. The minimum atomic E-state index is 0. The maximum atomic E-state index is 6.42. The Hall–Kier alpha value is -0.392. The standard InChI is InChI=1S/C13H12ClN.Pt/c14-13-9-5-1-3-7-11(9)15-12-8-4-2-6-10(12)13;/h1,3,5,7H,2,4,6,8H2;. The molecule has 2 aromatic rings. The Morgan fingerprint density at radius 2 is 1.81 bits per heavy atom. The van der Waals surface area contributed by atoms with Crippen LogP contribution in [0.5, 0.6) is 0 Å². The van der Waals surface area contributed by atoms with Gasteiger partial charge in [-0.25, -0.2) is 0 Å². The molecule has 0 N–H and O–H groups in total. The van der Waals surface area contributed by atoms with Gasteiger partial charge in [-0.15, -0.1) is 0 Å². The van der Waals surface area contributed by atoms with Crippen LogP contribution >= 0.6 is 11.6 Å². The molecule has 1 aliphatic rings. The molecule has 0 aliphatic heterocycles. The number of halogens is 1. The van der Waals surface area contributed by atoms with Gasteiger partial charge in [0, 0.05) is 32.1 Å². The summed E-state index contributed by atoms with van der Waals surface area (Å²) in [6.45, 7) is 0. The first-order chi connectivity index (χ1) is 7.36. The number of para-hydroxylation sites is 1. The van der Waals surface area contributed by atoms with Gasteiger partial charge in [0.05, 0.1) is 10.5 Å². The van der Waals surface area contributed by atoms with Crippen molar-refractivity contribution < 1.29 is 21.1 Å². The normalized spacial score (nSPS) is 14.3. The van der Waals surface area contributed by atoms with Crippen LogP contribution in [0.2, 0.25) is 5.02 Å². The van der Waals surface area contributed by atoms with Gasteiger partial charge < -0.3 is 0 Å². The van der Waals surface area contributed by atoms with Crippen LogP contribution in [0.25, 0.3) is 10.9 Å². The third-order valence-electron chi connectivity index (χ3n) is 3.10. The second-order valence-electron chi connectivity index (χ2n) is 4.08. The maximum Gasteiger partial charge on any atom is 0.0720 e. The Balaban J connectivity index is 0.000000963. The molecule has 0 spiro atoms. The van der Waals surface area contributed by atoms with Gasteiger partial charge in [0.15, 0.2) is 0 Å². The average molecular weight is 413 g/mol. The average Bonchev–Trinajstić information content (AvgIpc) is 2.30. The van der Waals surface area contributed by atoms with Crippen LogP contribution in [-0.4, -0.2) is 4.98 Å². The smallest absolute Gasteiger partial charge is 0.0720 e. The summed E-state index contributed by atoms with van der Waals surface area (Å²) in [6, 6.07) is 8.13. The van der Waals surface area contributed by atoms with Crippen molar-refractivity contribution in [2.45, 2.75) is 25.7 Å². The monoisotopic (exact) mass is 412 g/mol. The molecule has 3 rings (SSSR count). The van der Waals surface area contributed by atoms with Crippen molar-refractivity contribution in [2.75, 3.05) is 0 Å². The molecule has 0 radical (unpaired) electrons. The predicted molar refractivity (Wildman–Crippen MR) is 63.4 cm³/mol. The van der Waals surface area contributed by atoms with Gasteiger partial charge >= 0.3 is 0 Å². The Bertz CT molecular complexity index is 525. The molecular formula is C13H12ClNPt. The van der Waals surface area contributed by atoms with E-state index in [1.807, 2.05) is 18.2 Å². The van der Waals surface area contributed by atoms with Crippen LogP contribution in [0.3, 0.4) is 0 Å². The van der Waals surface area contributed by atoms with Crippen LogP contribution in [-0.2, 0) is 33.9 Å². The van der Waals surface area contributed by atoms with E-state index in [0.717, 1.165) is 28.8 Å². The molecule has 0 bridgehead atoms. The van der Waals surface area contributed by atoms with E-state index in [9.17, 15) is 0 Å². The summed E-state index contributed by atoms with van der Waals surface area (Å²) in [5.41, 5.74) is 3.52. The first-order valence-corrected chi connectivity index (χ1v) is 5.80. The van der Waals surface area contributed by atoms with Crippen molar-refractivity contribution in [3.05, 3.63) is 40.5 Å². The van der Waals surface area contributed by atoms with Gasteiger partial charge in [0.25, 0.3) is 0 Å². The molecule has 3 heteroatoms. The minimum Gasteiger partial charge on any atom is -0.252 e. The van der Waals surface area contributed by atoms with Gasteiger partial charge in [0.2, 0.25) is 0 Å². The van der Waals surface area contributed by atoms with Crippen molar-refractivity contribution in [1.29, 1.82) is 0 Å². The largest absolute Gasteiger partial charge is 0.252 e. The summed E-state index contributed by atoms with van der Waals surface area (Å²) in [5, 5.41) is 2.02. The van der Waals surface area contributed by atoms with E-state index in [2.05, 4.69) is 6.07 Å². The number of rotatable bonds is 0. The van der Waals surface area contributed by atoms with E-state index < -0.39 is 0 Å². The summed E-state index contributed by atoms with van der Waals surface area (Å²) in [4.78, 5) is 4.69. The Morgan fingerprint density at radius 1 is 1.06 bits per heavy atom.